The van der Waals surface area contributed by atoms with Gasteiger partial charge in [-0.25, -0.2) is 4.98 Å². The highest BCUT2D eigenvalue weighted by Crippen LogP contribution is 2.12. The van der Waals surface area contributed by atoms with Crippen LogP contribution in [0.4, 0.5) is 0 Å². The van der Waals surface area contributed by atoms with E-state index in [-0.39, 0.29) is 0 Å². The Morgan fingerprint density at radius 3 is 3.08 bits per heavy atom. The highest BCUT2D eigenvalue weighted by atomic mass is 79.9. The van der Waals surface area contributed by atoms with E-state index < -0.39 is 0 Å². The number of alkyl halides is 1. The van der Waals surface area contributed by atoms with Gasteiger partial charge in [-0.2, -0.15) is 0 Å². The quantitative estimate of drug-likeness (QED) is 0.428. The summed E-state index contributed by atoms with van der Waals surface area (Å²) in [4.78, 5) is 4.01. The van der Waals surface area contributed by atoms with Gasteiger partial charge >= 0.3 is 0 Å². The predicted octanol–water partition coefficient (Wildman–Crippen LogP) is 3.18. The minimum absolute atomic E-state index is 0.479. The molecule has 0 radical (unpaired) electrons. The van der Waals surface area contributed by atoms with E-state index in [0.29, 0.717) is 5.15 Å². The number of rotatable bonds is 1. The van der Waals surface area contributed by atoms with Crippen LogP contribution in [0.5, 0.6) is 0 Å². The summed E-state index contributed by atoms with van der Waals surface area (Å²) < 4.78 is 0. The zero-order chi connectivity index (χ0) is 9.68. The molecule has 0 aromatic carbocycles. The van der Waals surface area contributed by atoms with Gasteiger partial charge in [-0.05, 0) is 18.6 Å². The summed E-state index contributed by atoms with van der Waals surface area (Å²) in [5.41, 5.74) is 1.88. The summed E-state index contributed by atoms with van der Waals surface area (Å²) >= 11 is 9.15. The van der Waals surface area contributed by atoms with E-state index in [1.54, 1.807) is 6.20 Å². The van der Waals surface area contributed by atoms with Gasteiger partial charge in [0.15, 0.2) is 0 Å². The molecule has 13 heavy (non-hydrogen) atoms. The van der Waals surface area contributed by atoms with E-state index in [9.17, 15) is 0 Å². The Labute approximate surface area is 91.6 Å². The van der Waals surface area contributed by atoms with Crippen LogP contribution >= 0.6 is 27.5 Å². The van der Waals surface area contributed by atoms with E-state index >= 15 is 0 Å². The lowest BCUT2D eigenvalue weighted by Gasteiger charge is -1.95. The van der Waals surface area contributed by atoms with Gasteiger partial charge < -0.3 is 0 Å². The number of aromatic nitrogens is 1. The van der Waals surface area contributed by atoms with Crippen molar-refractivity contribution in [3.05, 3.63) is 28.5 Å². The summed E-state index contributed by atoms with van der Waals surface area (Å²) in [7, 11) is 0. The Hall–Kier alpha value is -0.520. The van der Waals surface area contributed by atoms with E-state index in [0.717, 1.165) is 22.9 Å². The first-order valence-electron chi connectivity index (χ1n) is 3.91. The zero-order valence-corrected chi connectivity index (χ0v) is 9.61. The maximum atomic E-state index is 5.85. The van der Waals surface area contributed by atoms with Crippen molar-refractivity contribution in [2.75, 3.05) is 5.33 Å². The second kappa shape index (κ2) is 5.26. The molecule has 1 nitrogen and oxygen atoms in total. The monoisotopic (exact) mass is 257 g/mol. The van der Waals surface area contributed by atoms with Gasteiger partial charge in [0.1, 0.15) is 5.15 Å². The molecule has 68 valence electrons. The third-order valence-electron chi connectivity index (χ3n) is 1.42. The van der Waals surface area contributed by atoms with Crippen LogP contribution in [0, 0.1) is 18.8 Å². The summed E-state index contributed by atoms with van der Waals surface area (Å²) in [6, 6.07) is 1.94. The Morgan fingerprint density at radius 1 is 1.62 bits per heavy atom. The third-order valence-corrected chi connectivity index (χ3v) is 2.12. The molecule has 1 rings (SSSR count). The number of halogens is 2. The van der Waals surface area contributed by atoms with Crippen LogP contribution in [0.15, 0.2) is 12.3 Å². The summed E-state index contributed by atoms with van der Waals surface area (Å²) in [6.45, 7) is 1.97. The smallest absolute Gasteiger partial charge is 0.144 e. The van der Waals surface area contributed by atoms with Crippen LogP contribution in [0.3, 0.4) is 0 Å². The summed E-state index contributed by atoms with van der Waals surface area (Å²) in [5.74, 6) is 5.98. The lowest BCUT2D eigenvalue weighted by atomic mass is 10.2. The van der Waals surface area contributed by atoms with Crippen molar-refractivity contribution in [2.24, 2.45) is 0 Å². The van der Waals surface area contributed by atoms with Crippen molar-refractivity contribution in [2.45, 2.75) is 13.3 Å². The first-order valence-corrected chi connectivity index (χ1v) is 5.41. The van der Waals surface area contributed by atoms with E-state index in [2.05, 4.69) is 32.8 Å². The van der Waals surface area contributed by atoms with Gasteiger partial charge in [0.25, 0.3) is 0 Å². The zero-order valence-electron chi connectivity index (χ0n) is 7.27. The van der Waals surface area contributed by atoms with Crippen LogP contribution in [0.25, 0.3) is 0 Å². The van der Waals surface area contributed by atoms with Crippen LogP contribution in [0.1, 0.15) is 17.5 Å². The fraction of sp³-hybridized carbons (Fsp3) is 0.300. The molecule has 0 aliphatic carbocycles. The van der Waals surface area contributed by atoms with E-state index in [4.69, 9.17) is 11.6 Å². The molecule has 0 saturated heterocycles. The summed E-state index contributed by atoms with van der Waals surface area (Å²) in [5, 5.41) is 1.37. The lowest BCUT2D eigenvalue weighted by molar-refractivity contribution is 1.25. The minimum atomic E-state index is 0.479. The molecule has 0 aliphatic heterocycles. The minimum Gasteiger partial charge on any atom is -0.243 e. The van der Waals surface area contributed by atoms with Gasteiger partial charge in [-0.15, -0.1) is 0 Å². The van der Waals surface area contributed by atoms with Crippen molar-refractivity contribution in [3.63, 3.8) is 0 Å². The molecular formula is C10H9BrClN. The molecule has 0 N–H and O–H groups in total. The number of hydrogen-bond donors (Lipinski definition) is 0. The SMILES string of the molecule is Cc1cnc(Cl)c(C#CCCBr)c1. The van der Waals surface area contributed by atoms with E-state index in [1.165, 1.54) is 0 Å². The van der Waals surface area contributed by atoms with Gasteiger partial charge in [0, 0.05) is 17.9 Å². The Kier molecular flexibility index (Phi) is 4.27. The fourth-order valence-corrected chi connectivity index (χ4v) is 1.19. The number of aryl methyl sites for hydroxylation is 1. The highest BCUT2D eigenvalue weighted by Gasteiger charge is 1.96. The molecule has 0 amide bonds. The standard InChI is InChI=1S/C10H9BrClN/c1-8-6-9(4-2-3-5-11)10(12)13-7-8/h6-7H,3,5H2,1H3. The molecule has 0 fully saturated rings. The van der Waals surface area contributed by atoms with Gasteiger partial charge in [0.2, 0.25) is 0 Å². The number of pyridine rings is 1. The largest absolute Gasteiger partial charge is 0.243 e. The second-order valence-electron chi connectivity index (χ2n) is 2.59. The van der Waals surface area contributed by atoms with Crippen LogP contribution in [-0.2, 0) is 0 Å². The molecule has 1 aromatic heterocycles. The number of hydrogen-bond acceptors (Lipinski definition) is 1. The Bertz CT molecular complexity index is 352. The average molecular weight is 259 g/mol. The Morgan fingerprint density at radius 2 is 2.38 bits per heavy atom. The molecule has 0 bridgehead atoms. The molecule has 0 unspecified atom stereocenters. The maximum absolute atomic E-state index is 5.85. The average Bonchev–Trinajstić information content (AvgIpc) is 2.11. The van der Waals surface area contributed by atoms with Gasteiger partial charge in [-0.1, -0.05) is 39.4 Å². The van der Waals surface area contributed by atoms with Gasteiger partial charge in [-0.3, -0.25) is 0 Å². The molecule has 1 aromatic rings. The first kappa shape index (κ1) is 10.6. The normalized spacial score (nSPS) is 9.15. The van der Waals surface area contributed by atoms with Crippen molar-refractivity contribution < 1.29 is 0 Å². The van der Waals surface area contributed by atoms with Crippen molar-refractivity contribution in [3.8, 4) is 11.8 Å². The van der Waals surface area contributed by atoms with Crippen LogP contribution in [0.2, 0.25) is 5.15 Å². The molecular weight excluding hydrogens is 249 g/mol. The first-order chi connectivity index (χ1) is 6.24. The van der Waals surface area contributed by atoms with Crippen molar-refractivity contribution >= 4 is 27.5 Å². The maximum Gasteiger partial charge on any atom is 0.144 e. The predicted molar refractivity (Wildman–Crippen MR) is 59.3 cm³/mol. The van der Waals surface area contributed by atoms with Gasteiger partial charge in [0.05, 0.1) is 5.56 Å². The lowest BCUT2D eigenvalue weighted by Crippen LogP contribution is -1.84. The van der Waals surface area contributed by atoms with Crippen molar-refractivity contribution in [1.29, 1.82) is 0 Å². The third kappa shape index (κ3) is 3.38. The van der Waals surface area contributed by atoms with Crippen LogP contribution in [-0.4, -0.2) is 10.3 Å². The van der Waals surface area contributed by atoms with E-state index in [1.807, 2.05) is 13.0 Å². The Balaban J connectivity index is 2.89. The second-order valence-corrected chi connectivity index (χ2v) is 3.74. The summed E-state index contributed by atoms with van der Waals surface area (Å²) in [6.07, 6.45) is 2.56. The topological polar surface area (TPSA) is 12.9 Å². The van der Waals surface area contributed by atoms with Crippen LogP contribution < -0.4 is 0 Å². The molecule has 3 heteroatoms. The highest BCUT2D eigenvalue weighted by molar-refractivity contribution is 9.09. The molecule has 0 atom stereocenters. The number of nitrogens with zero attached hydrogens (tertiary/aromatic N) is 1. The fourth-order valence-electron chi connectivity index (χ4n) is 0.845. The molecule has 0 spiro atoms. The molecule has 0 saturated carbocycles. The molecule has 1 heterocycles. The van der Waals surface area contributed by atoms with Crippen molar-refractivity contribution in [1.82, 2.24) is 4.98 Å². The molecule has 0 aliphatic rings.